The molecule has 21 heavy (non-hydrogen) atoms. The van der Waals surface area contributed by atoms with Crippen molar-refractivity contribution in [1.29, 1.82) is 0 Å². The first-order valence-electron chi connectivity index (χ1n) is 6.25. The molecule has 2 aromatic carbocycles. The number of fused-ring (bicyclic) bond motifs is 4. The third-order valence-corrected chi connectivity index (χ3v) is 4.39. The summed E-state index contributed by atoms with van der Waals surface area (Å²) in [7, 11) is -3.73. The van der Waals surface area contributed by atoms with Gasteiger partial charge < -0.3 is 23.1 Å². The van der Waals surface area contributed by atoms with Crippen molar-refractivity contribution in [3.8, 4) is 0 Å². The van der Waals surface area contributed by atoms with Crippen molar-refractivity contribution in [3.63, 3.8) is 0 Å². The summed E-state index contributed by atoms with van der Waals surface area (Å²) in [5.41, 5.74) is 3.13. The predicted octanol–water partition coefficient (Wildman–Crippen LogP) is 4.35. The number of nitrogens with one attached hydrogen (secondary N) is 1. The van der Waals surface area contributed by atoms with Crippen LogP contribution in [0, 0.1) is 6.92 Å². The van der Waals surface area contributed by atoms with E-state index in [1.165, 1.54) is 6.07 Å². The lowest BCUT2D eigenvalue weighted by atomic mass is 10.1. The van der Waals surface area contributed by atoms with Gasteiger partial charge in [0.2, 0.25) is 0 Å². The summed E-state index contributed by atoms with van der Waals surface area (Å²) in [5, 5.41) is 1.68. The lowest BCUT2D eigenvalue weighted by molar-refractivity contribution is 0.376. The van der Waals surface area contributed by atoms with Gasteiger partial charge in [-0.2, -0.15) is 0 Å². The average molecular weight is 304 g/mol. The van der Waals surface area contributed by atoms with Crippen molar-refractivity contribution >= 4 is 43.8 Å². The Balaban J connectivity index is 2.10. The number of benzene rings is 2. The van der Waals surface area contributed by atoms with Gasteiger partial charge in [-0.25, -0.2) is 4.98 Å². The second kappa shape index (κ2) is 3.99. The average Bonchev–Trinajstić information content (AvgIpc) is 2.92. The molecule has 7 heteroatoms. The lowest BCUT2D eigenvalue weighted by Gasteiger charge is -2.18. The fraction of sp³-hybridized carbons (Fsp3) is 0.0714. The molecule has 0 amide bonds. The third kappa shape index (κ3) is 1.90. The van der Waals surface area contributed by atoms with E-state index < -0.39 is 10.9 Å². The number of hydrogen-bond donors (Lipinski definition) is 4. The Hall–Kier alpha value is -2.06. The Morgan fingerprint density at radius 3 is 2.57 bits per heavy atom. The van der Waals surface area contributed by atoms with E-state index >= 15 is 0 Å². The van der Waals surface area contributed by atoms with Crippen molar-refractivity contribution < 1.29 is 18.1 Å². The van der Waals surface area contributed by atoms with Crippen LogP contribution in [0.25, 0.3) is 32.9 Å². The molecule has 2 aromatic heterocycles. The second-order valence-corrected chi connectivity index (χ2v) is 6.46. The van der Waals surface area contributed by atoms with Gasteiger partial charge in [0.15, 0.2) is 11.5 Å². The predicted molar refractivity (Wildman–Crippen MR) is 81.9 cm³/mol. The van der Waals surface area contributed by atoms with Gasteiger partial charge in [-0.1, -0.05) is 0 Å². The van der Waals surface area contributed by atoms with E-state index in [1.807, 2.05) is 12.1 Å². The summed E-state index contributed by atoms with van der Waals surface area (Å²) in [4.78, 5) is 7.62. The fourth-order valence-electron chi connectivity index (χ4n) is 2.59. The molecule has 0 aliphatic heterocycles. The molecule has 0 radical (unpaired) electrons. The number of aromatic nitrogens is 2. The highest BCUT2D eigenvalue weighted by atomic mass is 32.3. The number of aromatic amines is 1. The molecule has 0 saturated heterocycles. The molecule has 4 aromatic rings. The van der Waals surface area contributed by atoms with Crippen LogP contribution in [0.5, 0.6) is 0 Å². The first-order chi connectivity index (χ1) is 9.91. The molecule has 4 rings (SSSR count). The zero-order chi connectivity index (χ0) is 14.8. The molecule has 0 saturated carbocycles. The minimum Gasteiger partial charge on any atom is -0.441 e. The smallest absolute Gasteiger partial charge is 0.192 e. The monoisotopic (exact) mass is 304 g/mol. The molecule has 0 atom stereocenters. The molecule has 4 N–H and O–H groups in total. The first-order valence-corrected chi connectivity index (χ1v) is 7.75. The van der Waals surface area contributed by atoms with E-state index in [4.69, 9.17) is 4.42 Å². The summed E-state index contributed by atoms with van der Waals surface area (Å²) in [6.45, 7) is 1.78. The molecular weight excluding hydrogens is 292 g/mol. The van der Waals surface area contributed by atoms with Gasteiger partial charge in [0.25, 0.3) is 0 Å². The summed E-state index contributed by atoms with van der Waals surface area (Å²) >= 11 is 0. The van der Waals surface area contributed by atoms with Crippen LogP contribution in [-0.4, -0.2) is 23.6 Å². The number of nitrogens with zero attached hydrogens (tertiary/aromatic N) is 1. The molecule has 2 heterocycles. The highest BCUT2D eigenvalue weighted by molar-refractivity contribution is 8.19. The summed E-state index contributed by atoms with van der Waals surface area (Å²) in [6.07, 6.45) is 0. The van der Waals surface area contributed by atoms with Gasteiger partial charge in [0.05, 0.1) is 10.4 Å². The Morgan fingerprint density at radius 1 is 1.05 bits per heavy atom. The first kappa shape index (κ1) is 12.7. The van der Waals surface area contributed by atoms with Gasteiger partial charge in [0.1, 0.15) is 16.4 Å². The fourth-order valence-corrected chi connectivity index (χ4v) is 3.11. The van der Waals surface area contributed by atoms with Crippen LogP contribution in [0.1, 0.15) is 5.89 Å². The van der Waals surface area contributed by atoms with Gasteiger partial charge in [-0.15, -0.1) is 0 Å². The van der Waals surface area contributed by atoms with Gasteiger partial charge in [-0.05, 0) is 24.3 Å². The highest BCUT2D eigenvalue weighted by Crippen LogP contribution is 2.45. The standard InChI is InChI=1S/C14H12N2O4S/c1-7-15-13-5-10-9-4-8(21(17,18)19)2-3-11(9)16-12(10)6-14(13)20-7/h2-6,16-19H,1H3. The van der Waals surface area contributed by atoms with Crippen LogP contribution >= 0.6 is 10.9 Å². The van der Waals surface area contributed by atoms with Crippen LogP contribution in [0.2, 0.25) is 0 Å². The Kier molecular flexibility index (Phi) is 2.40. The highest BCUT2D eigenvalue weighted by Gasteiger charge is 2.17. The third-order valence-electron chi connectivity index (χ3n) is 3.50. The maximum atomic E-state index is 9.39. The molecule has 6 nitrogen and oxygen atoms in total. The van der Waals surface area contributed by atoms with E-state index in [0.717, 1.165) is 27.3 Å². The van der Waals surface area contributed by atoms with Crippen molar-refractivity contribution in [2.75, 3.05) is 0 Å². The summed E-state index contributed by atoms with van der Waals surface area (Å²) < 4.78 is 33.7. The molecule has 0 unspecified atom stereocenters. The van der Waals surface area contributed by atoms with Gasteiger partial charge in [0, 0.05) is 29.3 Å². The molecular formula is C14H12N2O4S. The van der Waals surface area contributed by atoms with E-state index in [0.29, 0.717) is 11.5 Å². The Bertz CT molecular complexity index is 997. The number of oxazole rings is 1. The van der Waals surface area contributed by atoms with Crippen molar-refractivity contribution in [1.82, 2.24) is 9.97 Å². The van der Waals surface area contributed by atoms with E-state index in [1.54, 1.807) is 19.1 Å². The Labute approximate surface area is 120 Å². The topological polar surface area (TPSA) is 103 Å². The molecule has 108 valence electrons. The second-order valence-electron chi connectivity index (χ2n) is 4.95. The SMILES string of the molecule is Cc1nc2cc3c(cc2o1)[nH]c1ccc(S(O)(O)O)cc13. The zero-order valence-electron chi connectivity index (χ0n) is 11.0. The van der Waals surface area contributed by atoms with Gasteiger partial charge in [-0.3, -0.25) is 0 Å². The quantitative estimate of drug-likeness (QED) is 0.418. The van der Waals surface area contributed by atoms with E-state index in [2.05, 4.69) is 9.97 Å². The van der Waals surface area contributed by atoms with Crippen LogP contribution in [0.3, 0.4) is 0 Å². The number of rotatable bonds is 1. The molecule has 0 bridgehead atoms. The molecule has 0 aliphatic rings. The maximum absolute atomic E-state index is 9.39. The van der Waals surface area contributed by atoms with Crippen molar-refractivity contribution in [3.05, 3.63) is 36.2 Å². The minimum absolute atomic E-state index is 0.0901. The number of H-pyrrole nitrogens is 1. The number of aryl methyl sites for hydroxylation is 1. The zero-order valence-corrected chi connectivity index (χ0v) is 11.8. The normalized spacial score (nSPS) is 13.5. The van der Waals surface area contributed by atoms with Gasteiger partial charge >= 0.3 is 0 Å². The van der Waals surface area contributed by atoms with E-state index in [9.17, 15) is 13.7 Å². The van der Waals surface area contributed by atoms with Crippen molar-refractivity contribution in [2.45, 2.75) is 11.8 Å². The summed E-state index contributed by atoms with van der Waals surface area (Å²) in [6, 6.07) is 8.51. The van der Waals surface area contributed by atoms with Crippen LogP contribution in [0.4, 0.5) is 0 Å². The van der Waals surface area contributed by atoms with Crippen LogP contribution in [-0.2, 0) is 0 Å². The maximum Gasteiger partial charge on any atom is 0.192 e. The van der Waals surface area contributed by atoms with E-state index in [-0.39, 0.29) is 4.90 Å². The van der Waals surface area contributed by atoms with Crippen LogP contribution in [0.15, 0.2) is 39.6 Å². The van der Waals surface area contributed by atoms with Crippen LogP contribution < -0.4 is 0 Å². The molecule has 0 spiro atoms. The summed E-state index contributed by atoms with van der Waals surface area (Å²) in [5.74, 6) is 0.590. The minimum atomic E-state index is -3.73. The number of hydrogen-bond acceptors (Lipinski definition) is 5. The largest absolute Gasteiger partial charge is 0.441 e. The molecule has 0 aliphatic carbocycles. The molecule has 0 fully saturated rings. The lowest BCUT2D eigenvalue weighted by Crippen LogP contribution is -1.94. The van der Waals surface area contributed by atoms with Crippen molar-refractivity contribution in [2.24, 2.45) is 0 Å². The Morgan fingerprint density at radius 2 is 1.81 bits per heavy atom.